The Morgan fingerprint density at radius 2 is 1.06 bits per heavy atom. The third-order valence-corrected chi connectivity index (χ3v) is 6.10. The number of rotatable bonds is 4. The normalized spacial score (nSPS) is 10.7. The molecular weight excluding hydrogens is 444 g/mol. The predicted molar refractivity (Wildman–Crippen MR) is 140 cm³/mol. The summed E-state index contributed by atoms with van der Waals surface area (Å²) < 4.78 is 3.69. The van der Waals surface area contributed by atoms with Crippen molar-refractivity contribution in [3.63, 3.8) is 0 Å². The number of hydrogen-bond acceptors (Lipinski definition) is 3. The zero-order valence-corrected chi connectivity index (χ0v) is 19.1. The minimum Gasteiger partial charge on any atom is -0.233 e. The SMILES string of the molecule is [C-]#[N+]C(C#N)=C(c1nn(-c2ccccc2)c2ccccc12)c1nn(-c2ccccc2)c2ccccc12. The first-order valence-corrected chi connectivity index (χ1v) is 11.4. The summed E-state index contributed by atoms with van der Waals surface area (Å²) in [5.41, 5.74) is 5.00. The molecule has 6 rings (SSSR count). The third kappa shape index (κ3) is 3.34. The van der Waals surface area contributed by atoms with Gasteiger partial charge in [-0.1, -0.05) is 72.8 Å². The molecule has 168 valence electrons. The minimum absolute atomic E-state index is 0.0538. The van der Waals surface area contributed by atoms with Crippen LogP contribution in [0.25, 0.3) is 43.6 Å². The molecule has 6 nitrogen and oxygen atoms in total. The molecule has 0 unspecified atom stereocenters. The molecule has 0 saturated carbocycles. The molecule has 0 spiro atoms. The van der Waals surface area contributed by atoms with Gasteiger partial charge in [-0.2, -0.15) is 10.2 Å². The summed E-state index contributed by atoms with van der Waals surface area (Å²) in [6.07, 6.45) is 0. The van der Waals surface area contributed by atoms with E-state index >= 15 is 0 Å². The van der Waals surface area contributed by atoms with Crippen LogP contribution in [-0.4, -0.2) is 19.6 Å². The van der Waals surface area contributed by atoms with Crippen molar-refractivity contribution in [2.45, 2.75) is 0 Å². The van der Waals surface area contributed by atoms with Gasteiger partial charge in [0, 0.05) is 16.3 Å². The molecule has 0 aliphatic carbocycles. The molecule has 2 aromatic heterocycles. The summed E-state index contributed by atoms with van der Waals surface area (Å²) in [6.45, 7) is 7.82. The molecule has 0 amide bonds. The molecule has 0 saturated heterocycles. The molecule has 4 aromatic carbocycles. The Bertz CT molecular complexity index is 1710. The van der Waals surface area contributed by atoms with Crippen molar-refractivity contribution >= 4 is 27.4 Å². The van der Waals surface area contributed by atoms with Crippen molar-refractivity contribution in [3.8, 4) is 17.4 Å². The number of para-hydroxylation sites is 4. The highest BCUT2D eigenvalue weighted by molar-refractivity contribution is 6.03. The molecule has 6 aromatic rings. The van der Waals surface area contributed by atoms with Crippen molar-refractivity contribution in [1.82, 2.24) is 19.6 Å². The van der Waals surface area contributed by atoms with Gasteiger partial charge in [-0.25, -0.2) is 19.5 Å². The predicted octanol–water partition coefficient (Wildman–Crippen LogP) is 6.57. The molecule has 2 heterocycles. The van der Waals surface area contributed by atoms with Gasteiger partial charge in [0.15, 0.2) is 0 Å². The second-order valence-corrected chi connectivity index (χ2v) is 8.17. The van der Waals surface area contributed by atoms with E-state index in [1.54, 1.807) is 0 Å². The summed E-state index contributed by atoms with van der Waals surface area (Å²) in [5.74, 6) is 0. The van der Waals surface area contributed by atoms with E-state index in [4.69, 9.17) is 16.8 Å². The monoisotopic (exact) mass is 462 g/mol. The fourth-order valence-corrected chi connectivity index (χ4v) is 4.51. The number of nitriles is 1. The van der Waals surface area contributed by atoms with Crippen LogP contribution in [0.3, 0.4) is 0 Å². The highest BCUT2D eigenvalue weighted by atomic mass is 15.3. The lowest BCUT2D eigenvalue weighted by molar-refractivity contribution is 0.889. The van der Waals surface area contributed by atoms with Gasteiger partial charge in [0.1, 0.15) is 0 Å². The number of benzene rings is 4. The lowest BCUT2D eigenvalue weighted by Gasteiger charge is -2.05. The Hall–Kier alpha value is -5.46. The van der Waals surface area contributed by atoms with Gasteiger partial charge in [-0.15, -0.1) is 0 Å². The maximum atomic E-state index is 10.0. The van der Waals surface area contributed by atoms with Crippen LogP contribution in [0, 0.1) is 17.9 Å². The summed E-state index contributed by atoms with van der Waals surface area (Å²) in [7, 11) is 0. The first-order valence-electron chi connectivity index (χ1n) is 11.4. The van der Waals surface area contributed by atoms with Gasteiger partial charge in [0.05, 0.1) is 46.4 Å². The Morgan fingerprint density at radius 1 is 0.639 bits per heavy atom. The fraction of sp³-hybridized carbons (Fsp3) is 0. The maximum Gasteiger partial charge on any atom is 0.273 e. The Balaban J connectivity index is 1.70. The van der Waals surface area contributed by atoms with E-state index < -0.39 is 0 Å². The quantitative estimate of drug-likeness (QED) is 0.220. The summed E-state index contributed by atoms with van der Waals surface area (Å²) in [5, 5.41) is 21.6. The van der Waals surface area contributed by atoms with Crippen LogP contribution < -0.4 is 0 Å². The molecule has 0 aliphatic rings. The van der Waals surface area contributed by atoms with Crippen molar-refractivity contribution < 1.29 is 0 Å². The highest BCUT2D eigenvalue weighted by Crippen LogP contribution is 2.36. The van der Waals surface area contributed by atoms with E-state index in [0.717, 1.165) is 33.2 Å². The average molecular weight is 463 g/mol. The first kappa shape index (κ1) is 21.1. The van der Waals surface area contributed by atoms with Crippen molar-refractivity contribution in [3.05, 3.63) is 138 Å². The van der Waals surface area contributed by atoms with Crippen LogP contribution in [0.1, 0.15) is 11.4 Å². The molecule has 36 heavy (non-hydrogen) atoms. The van der Waals surface area contributed by atoms with Gasteiger partial charge in [0.2, 0.25) is 0 Å². The number of aromatic nitrogens is 4. The molecule has 0 N–H and O–H groups in total. The minimum atomic E-state index is -0.0538. The van der Waals surface area contributed by atoms with E-state index in [-0.39, 0.29) is 5.70 Å². The topological polar surface area (TPSA) is 63.8 Å². The molecule has 0 bridgehead atoms. The Kier molecular flexibility index (Phi) is 5.11. The van der Waals surface area contributed by atoms with Gasteiger partial charge < -0.3 is 0 Å². The lowest BCUT2D eigenvalue weighted by atomic mass is 10.0. The second-order valence-electron chi connectivity index (χ2n) is 8.17. The standard InChI is InChI=1S/C30H18N6/c1-32-25(20-31)28(29-23-16-8-10-18-26(23)35(33-29)21-12-4-2-5-13-21)30-24-17-9-11-19-27(24)36(34-30)22-14-6-3-7-15-22/h2-19H. The van der Waals surface area contributed by atoms with Crippen LogP contribution in [0.15, 0.2) is 115 Å². The van der Waals surface area contributed by atoms with E-state index in [1.807, 2.05) is 119 Å². The second kappa shape index (κ2) is 8.72. The Labute approximate surface area is 207 Å². The van der Waals surface area contributed by atoms with Gasteiger partial charge in [0.25, 0.3) is 5.70 Å². The smallest absolute Gasteiger partial charge is 0.233 e. The van der Waals surface area contributed by atoms with Crippen LogP contribution in [0.2, 0.25) is 0 Å². The fourth-order valence-electron chi connectivity index (χ4n) is 4.51. The largest absolute Gasteiger partial charge is 0.273 e. The number of hydrogen-bond donors (Lipinski definition) is 0. The number of allylic oxidation sites excluding steroid dienone is 1. The van der Waals surface area contributed by atoms with Gasteiger partial charge in [-0.05, 0) is 36.4 Å². The van der Waals surface area contributed by atoms with Crippen LogP contribution in [-0.2, 0) is 0 Å². The van der Waals surface area contributed by atoms with E-state index in [2.05, 4.69) is 10.9 Å². The maximum absolute atomic E-state index is 10.0. The van der Waals surface area contributed by atoms with E-state index in [1.165, 1.54) is 0 Å². The molecule has 0 atom stereocenters. The van der Waals surface area contributed by atoms with Gasteiger partial charge in [-0.3, -0.25) is 0 Å². The molecule has 0 fully saturated rings. The summed E-state index contributed by atoms with van der Waals surface area (Å²) in [6, 6.07) is 37.4. The molecular formula is C30H18N6. The molecule has 0 aliphatic heterocycles. The molecule has 0 radical (unpaired) electrons. The highest BCUT2D eigenvalue weighted by Gasteiger charge is 2.25. The van der Waals surface area contributed by atoms with E-state index in [9.17, 15) is 5.26 Å². The van der Waals surface area contributed by atoms with Crippen molar-refractivity contribution in [1.29, 1.82) is 5.26 Å². The summed E-state index contributed by atoms with van der Waals surface area (Å²) >= 11 is 0. The van der Waals surface area contributed by atoms with Gasteiger partial charge >= 0.3 is 0 Å². The van der Waals surface area contributed by atoms with Crippen LogP contribution in [0.4, 0.5) is 0 Å². The zero-order chi connectivity index (χ0) is 24.5. The number of fused-ring (bicyclic) bond motifs is 2. The van der Waals surface area contributed by atoms with Crippen LogP contribution >= 0.6 is 0 Å². The number of nitrogens with zero attached hydrogens (tertiary/aromatic N) is 6. The van der Waals surface area contributed by atoms with E-state index in [0.29, 0.717) is 17.0 Å². The summed E-state index contributed by atoms with van der Waals surface area (Å²) in [4.78, 5) is 3.61. The lowest BCUT2D eigenvalue weighted by Crippen LogP contribution is -2.00. The third-order valence-electron chi connectivity index (χ3n) is 6.10. The van der Waals surface area contributed by atoms with Crippen molar-refractivity contribution in [2.24, 2.45) is 0 Å². The van der Waals surface area contributed by atoms with Crippen molar-refractivity contribution in [2.75, 3.05) is 0 Å². The first-order chi connectivity index (χ1) is 17.8. The Morgan fingerprint density at radius 3 is 1.47 bits per heavy atom. The van der Waals surface area contributed by atoms with Crippen LogP contribution in [0.5, 0.6) is 0 Å². The average Bonchev–Trinajstić information content (AvgIpc) is 3.52. The molecule has 6 heteroatoms. The zero-order valence-electron chi connectivity index (χ0n) is 19.1.